The quantitative estimate of drug-likeness (QED) is 0.248. The summed E-state index contributed by atoms with van der Waals surface area (Å²) in [7, 11) is 0. The van der Waals surface area contributed by atoms with Crippen molar-refractivity contribution in [3.8, 4) is 5.88 Å². The molecule has 0 aliphatic heterocycles. The predicted molar refractivity (Wildman–Crippen MR) is 121 cm³/mol. The molecule has 0 saturated carbocycles. The molecule has 0 unspecified atom stereocenters. The molecule has 0 aliphatic rings. The van der Waals surface area contributed by atoms with E-state index < -0.39 is 0 Å². The first-order chi connectivity index (χ1) is 12.6. The highest BCUT2D eigenvalue weighted by Crippen LogP contribution is 2.10. The van der Waals surface area contributed by atoms with E-state index in [2.05, 4.69) is 25.6 Å². The van der Waals surface area contributed by atoms with Crippen molar-refractivity contribution in [3.63, 3.8) is 0 Å². The highest BCUT2D eigenvalue weighted by Gasteiger charge is 2.01. The molecule has 2 aromatic rings. The average molecular weight is 504 g/mol. The molecule has 0 aliphatic carbocycles. The third-order valence-corrected chi connectivity index (χ3v) is 3.64. The first-order valence-electron chi connectivity index (χ1n) is 8.81. The lowest BCUT2D eigenvalue weighted by atomic mass is 10.2. The molecule has 0 spiro atoms. The lowest BCUT2D eigenvalue weighted by Gasteiger charge is -2.11. The number of aliphatic imine (C=N–C) groups is 1. The van der Waals surface area contributed by atoms with Gasteiger partial charge in [0.15, 0.2) is 5.96 Å². The summed E-state index contributed by atoms with van der Waals surface area (Å²) < 4.78 is 5.55. The highest BCUT2D eigenvalue weighted by molar-refractivity contribution is 14.0. The van der Waals surface area contributed by atoms with Gasteiger partial charge in [0.2, 0.25) is 5.88 Å². The summed E-state index contributed by atoms with van der Waals surface area (Å²) in [6.45, 7) is 8.11. The molecule has 0 fully saturated rings. The standard InChI is InChI=1S/C19H26ClN5O.HI/c1-4-21-19(22-10-9-15-5-7-17(20)23-11-15)25-13-16-6-8-18(24-12-16)26-14(2)3;/h5-8,11-12,14H,4,9-10,13H2,1-3H3,(H2,21,22,25);1H. The molecular weight excluding hydrogens is 477 g/mol. The van der Waals surface area contributed by atoms with Gasteiger partial charge < -0.3 is 15.4 Å². The maximum atomic E-state index is 5.80. The van der Waals surface area contributed by atoms with Gasteiger partial charge in [-0.15, -0.1) is 24.0 Å². The van der Waals surface area contributed by atoms with Gasteiger partial charge >= 0.3 is 0 Å². The number of rotatable bonds is 8. The zero-order valence-electron chi connectivity index (χ0n) is 15.9. The van der Waals surface area contributed by atoms with Crippen molar-refractivity contribution in [1.82, 2.24) is 20.6 Å². The third kappa shape index (κ3) is 9.23. The molecule has 2 N–H and O–H groups in total. The summed E-state index contributed by atoms with van der Waals surface area (Å²) >= 11 is 5.80. The third-order valence-electron chi connectivity index (χ3n) is 3.41. The van der Waals surface area contributed by atoms with Crippen molar-refractivity contribution >= 4 is 41.5 Å². The second-order valence-corrected chi connectivity index (χ2v) is 6.42. The minimum absolute atomic E-state index is 0. The summed E-state index contributed by atoms with van der Waals surface area (Å²) in [5.74, 6) is 1.41. The van der Waals surface area contributed by atoms with Crippen LogP contribution < -0.4 is 15.4 Å². The second kappa shape index (κ2) is 12.7. The van der Waals surface area contributed by atoms with Crippen LogP contribution in [0.2, 0.25) is 5.15 Å². The molecule has 2 rings (SSSR count). The Morgan fingerprint density at radius 3 is 2.44 bits per heavy atom. The van der Waals surface area contributed by atoms with Crippen molar-refractivity contribution in [1.29, 1.82) is 0 Å². The number of pyridine rings is 2. The molecule has 6 nitrogen and oxygen atoms in total. The van der Waals surface area contributed by atoms with E-state index in [1.807, 2.05) is 39.0 Å². The first kappa shape index (κ1) is 23.4. The number of nitrogens with one attached hydrogen (secondary N) is 2. The minimum atomic E-state index is 0. The number of halogens is 2. The van der Waals surface area contributed by atoms with Gasteiger partial charge in [-0.3, -0.25) is 0 Å². The largest absolute Gasteiger partial charge is 0.475 e. The van der Waals surface area contributed by atoms with E-state index in [4.69, 9.17) is 16.3 Å². The van der Waals surface area contributed by atoms with E-state index in [0.717, 1.165) is 36.6 Å². The molecule has 2 heterocycles. The second-order valence-electron chi connectivity index (χ2n) is 6.03. The number of nitrogens with zero attached hydrogens (tertiary/aromatic N) is 3. The summed E-state index contributed by atoms with van der Waals surface area (Å²) in [5.41, 5.74) is 2.16. The van der Waals surface area contributed by atoms with Crippen LogP contribution >= 0.6 is 35.6 Å². The Kier molecular flexibility index (Phi) is 11.0. The molecule has 0 saturated heterocycles. The van der Waals surface area contributed by atoms with E-state index in [1.165, 1.54) is 0 Å². The summed E-state index contributed by atoms with van der Waals surface area (Å²) in [5, 5.41) is 7.08. The highest BCUT2D eigenvalue weighted by atomic mass is 127. The molecule has 148 valence electrons. The predicted octanol–water partition coefficient (Wildman–Crippen LogP) is 3.83. The normalized spacial score (nSPS) is 11.1. The van der Waals surface area contributed by atoms with Crippen LogP contribution in [-0.2, 0) is 13.0 Å². The maximum absolute atomic E-state index is 5.80. The van der Waals surface area contributed by atoms with Crippen molar-refractivity contribution in [2.75, 3.05) is 13.1 Å². The molecule has 8 heteroatoms. The number of aromatic nitrogens is 2. The summed E-state index contributed by atoms with van der Waals surface area (Å²) in [6, 6.07) is 7.64. The van der Waals surface area contributed by atoms with Gasteiger partial charge in [0.1, 0.15) is 5.15 Å². The molecule has 0 amide bonds. The summed E-state index contributed by atoms with van der Waals surface area (Å²) in [6.07, 6.45) is 4.55. The van der Waals surface area contributed by atoms with Crippen molar-refractivity contribution < 1.29 is 4.74 Å². The van der Waals surface area contributed by atoms with Crippen LogP contribution in [0.15, 0.2) is 41.7 Å². The Morgan fingerprint density at radius 2 is 1.85 bits per heavy atom. The number of hydrogen-bond donors (Lipinski definition) is 2. The number of hydrogen-bond acceptors (Lipinski definition) is 4. The molecule has 2 aromatic heterocycles. The van der Waals surface area contributed by atoms with Gasteiger partial charge in [-0.25, -0.2) is 15.0 Å². The Balaban J connectivity index is 0.00000364. The Hall–Kier alpha value is -1.61. The van der Waals surface area contributed by atoms with Crippen molar-refractivity contribution in [2.24, 2.45) is 4.99 Å². The van der Waals surface area contributed by atoms with Crippen LogP contribution in [0.4, 0.5) is 0 Å². The van der Waals surface area contributed by atoms with Gasteiger partial charge in [-0.2, -0.15) is 0 Å². The van der Waals surface area contributed by atoms with Gasteiger partial charge in [0, 0.05) is 31.5 Å². The van der Waals surface area contributed by atoms with Crippen LogP contribution in [0.25, 0.3) is 0 Å². The fraction of sp³-hybridized carbons (Fsp3) is 0.421. The minimum Gasteiger partial charge on any atom is -0.475 e. The van der Waals surface area contributed by atoms with Crippen LogP contribution in [0.1, 0.15) is 31.9 Å². The van der Waals surface area contributed by atoms with E-state index in [0.29, 0.717) is 17.6 Å². The molecular formula is C19H27ClIN5O. The number of ether oxygens (including phenoxy) is 1. The monoisotopic (exact) mass is 503 g/mol. The van der Waals surface area contributed by atoms with Crippen LogP contribution in [0.5, 0.6) is 5.88 Å². The lowest BCUT2D eigenvalue weighted by molar-refractivity contribution is 0.232. The Bertz CT molecular complexity index is 692. The van der Waals surface area contributed by atoms with Crippen LogP contribution in [0.3, 0.4) is 0 Å². The molecule has 0 aromatic carbocycles. The van der Waals surface area contributed by atoms with Gasteiger partial charge in [-0.05, 0) is 44.4 Å². The van der Waals surface area contributed by atoms with Crippen molar-refractivity contribution in [3.05, 3.63) is 52.9 Å². The van der Waals surface area contributed by atoms with E-state index in [-0.39, 0.29) is 30.1 Å². The topological polar surface area (TPSA) is 71.4 Å². The Labute approximate surface area is 183 Å². The van der Waals surface area contributed by atoms with Gasteiger partial charge in [0.05, 0.1) is 12.6 Å². The zero-order chi connectivity index (χ0) is 18.8. The lowest BCUT2D eigenvalue weighted by Crippen LogP contribution is -2.38. The SMILES string of the molecule is CCNC(=NCc1ccc(OC(C)C)nc1)NCCc1ccc(Cl)nc1.I. The molecule has 27 heavy (non-hydrogen) atoms. The first-order valence-corrected chi connectivity index (χ1v) is 9.18. The fourth-order valence-electron chi connectivity index (χ4n) is 2.21. The number of guanidine groups is 1. The fourth-order valence-corrected chi connectivity index (χ4v) is 2.32. The van der Waals surface area contributed by atoms with Crippen LogP contribution in [-0.4, -0.2) is 35.1 Å². The Morgan fingerprint density at radius 1 is 1.11 bits per heavy atom. The summed E-state index contributed by atoms with van der Waals surface area (Å²) in [4.78, 5) is 13.0. The van der Waals surface area contributed by atoms with Crippen LogP contribution in [0, 0.1) is 0 Å². The average Bonchev–Trinajstić information content (AvgIpc) is 2.62. The zero-order valence-corrected chi connectivity index (χ0v) is 19.0. The van der Waals surface area contributed by atoms with E-state index >= 15 is 0 Å². The molecule has 0 atom stereocenters. The van der Waals surface area contributed by atoms with E-state index in [1.54, 1.807) is 18.5 Å². The molecule has 0 bridgehead atoms. The van der Waals surface area contributed by atoms with E-state index in [9.17, 15) is 0 Å². The smallest absolute Gasteiger partial charge is 0.213 e. The van der Waals surface area contributed by atoms with Gasteiger partial charge in [-0.1, -0.05) is 23.7 Å². The molecule has 0 radical (unpaired) electrons. The van der Waals surface area contributed by atoms with Gasteiger partial charge in [0.25, 0.3) is 0 Å². The van der Waals surface area contributed by atoms with Crippen molar-refractivity contribution in [2.45, 2.75) is 39.8 Å². The maximum Gasteiger partial charge on any atom is 0.213 e.